The molecule has 0 saturated carbocycles. The van der Waals surface area contributed by atoms with Gasteiger partial charge in [-0.25, -0.2) is 4.79 Å². The topological polar surface area (TPSA) is 88.6 Å². The number of methoxy groups -OCH3 is 2. The van der Waals surface area contributed by atoms with Crippen LogP contribution in [0.15, 0.2) is 72.8 Å². The van der Waals surface area contributed by atoms with Crippen molar-refractivity contribution in [2.24, 2.45) is 0 Å². The first-order valence-corrected chi connectivity index (χ1v) is 13.4. The first-order chi connectivity index (χ1) is 19.5. The summed E-state index contributed by atoms with van der Waals surface area (Å²) in [6.45, 7) is 3.59. The van der Waals surface area contributed by atoms with Crippen LogP contribution >= 0.6 is 0 Å². The minimum atomic E-state index is -0.668. The Labute approximate surface area is 233 Å². The molecule has 0 radical (unpaired) electrons. The van der Waals surface area contributed by atoms with Gasteiger partial charge in [-0.3, -0.25) is 14.5 Å². The molecule has 1 fully saturated rings. The fraction of sp³-hybridized carbons (Fsp3) is 0.323. The van der Waals surface area contributed by atoms with E-state index in [1.54, 1.807) is 54.0 Å². The Bertz CT molecular complexity index is 1370. The molecule has 5 rings (SSSR count). The van der Waals surface area contributed by atoms with E-state index in [0.717, 1.165) is 5.56 Å². The van der Waals surface area contributed by atoms with E-state index in [1.165, 1.54) is 0 Å². The second-order valence-electron chi connectivity index (χ2n) is 9.67. The smallest absolute Gasteiger partial charge is 0.409 e. The Kier molecular flexibility index (Phi) is 7.91. The summed E-state index contributed by atoms with van der Waals surface area (Å²) in [4.78, 5) is 45.9. The number of anilines is 1. The molecule has 3 aromatic carbocycles. The van der Waals surface area contributed by atoms with Crippen LogP contribution in [0, 0.1) is 0 Å². The van der Waals surface area contributed by atoms with Crippen molar-refractivity contribution in [3.8, 4) is 11.5 Å². The lowest BCUT2D eigenvalue weighted by Gasteiger charge is -2.44. The summed E-state index contributed by atoms with van der Waals surface area (Å²) in [7, 11) is 3.19. The lowest BCUT2D eigenvalue weighted by Crippen LogP contribution is -2.54. The van der Waals surface area contributed by atoms with Gasteiger partial charge in [-0.15, -0.1) is 0 Å². The molecule has 0 unspecified atom stereocenters. The van der Waals surface area contributed by atoms with Crippen molar-refractivity contribution in [2.75, 3.05) is 51.9 Å². The number of amides is 3. The number of ether oxygens (including phenoxy) is 3. The van der Waals surface area contributed by atoms with Crippen molar-refractivity contribution in [3.05, 3.63) is 89.5 Å². The molecule has 9 heteroatoms. The predicted molar refractivity (Wildman–Crippen MR) is 150 cm³/mol. The van der Waals surface area contributed by atoms with Crippen molar-refractivity contribution in [3.63, 3.8) is 0 Å². The summed E-state index contributed by atoms with van der Waals surface area (Å²) in [5.74, 6) is 0.404. The number of rotatable bonds is 6. The number of carbonyl (C=O) groups is 3. The van der Waals surface area contributed by atoms with Crippen LogP contribution in [0.2, 0.25) is 0 Å². The molecule has 3 amide bonds. The Morgan fingerprint density at radius 2 is 1.38 bits per heavy atom. The third-order valence-corrected chi connectivity index (χ3v) is 7.53. The van der Waals surface area contributed by atoms with Gasteiger partial charge in [0.1, 0.15) is 11.5 Å². The van der Waals surface area contributed by atoms with Crippen molar-refractivity contribution in [1.82, 2.24) is 9.80 Å². The van der Waals surface area contributed by atoms with Gasteiger partial charge >= 0.3 is 6.09 Å². The van der Waals surface area contributed by atoms with Gasteiger partial charge in [-0.2, -0.15) is 0 Å². The highest BCUT2D eigenvalue weighted by Crippen LogP contribution is 2.46. The molecule has 2 heterocycles. The van der Waals surface area contributed by atoms with Crippen LogP contribution in [-0.4, -0.2) is 74.7 Å². The quantitative estimate of drug-likeness (QED) is 0.455. The summed E-state index contributed by atoms with van der Waals surface area (Å²) in [5, 5.41) is 0. The second-order valence-corrected chi connectivity index (χ2v) is 9.67. The maximum absolute atomic E-state index is 14.4. The van der Waals surface area contributed by atoms with Gasteiger partial charge in [0.2, 0.25) is 5.91 Å². The molecule has 0 aromatic heterocycles. The monoisotopic (exact) mass is 543 g/mol. The number of nitrogens with zero attached hydrogens (tertiary/aromatic N) is 3. The number of carbonyl (C=O) groups excluding carboxylic acids is 3. The predicted octanol–water partition coefficient (Wildman–Crippen LogP) is 4.49. The minimum Gasteiger partial charge on any atom is -0.497 e. The highest BCUT2D eigenvalue weighted by molar-refractivity contribution is 6.11. The van der Waals surface area contributed by atoms with Crippen LogP contribution in [0.5, 0.6) is 11.5 Å². The largest absolute Gasteiger partial charge is 0.497 e. The molecule has 0 N–H and O–H groups in total. The van der Waals surface area contributed by atoms with Crippen molar-refractivity contribution in [1.29, 1.82) is 0 Å². The van der Waals surface area contributed by atoms with Crippen LogP contribution in [-0.2, 0) is 9.53 Å². The maximum atomic E-state index is 14.4. The molecule has 1 saturated heterocycles. The van der Waals surface area contributed by atoms with Crippen LogP contribution < -0.4 is 14.4 Å². The van der Waals surface area contributed by atoms with E-state index in [9.17, 15) is 14.4 Å². The van der Waals surface area contributed by atoms with Crippen LogP contribution in [0.1, 0.15) is 40.4 Å². The zero-order valence-corrected chi connectivity index (χ0v) is 22.9. The van der Waals surface area contributed by atoms with Gasteiger partial charge < -0.3 is 24.0 Å². The summed E-state index contributed by atoms with van der Waals surface area (Å²) in [6, 6.07) is 21.5. The van der Waals surface area contributed by atoms with E-state index in [4.69, 9.17) is 14.2 Å². The molecule has 0 bridgehead atoms. The average Bonchev–Trinajstić information content (AvgIpc) is 3.01. The van der Waals surface area contributed by atoms with Gasteiger partial charge in [-0.1, -0.05) is 30.3 Å². The molecule has 2 aliphatic heterocycles. The number of hydrogen-bond donors (Lipinski definition) is 0. The second kappa shape index (κ2) is 11.7. The summed E-state index contributed by atoms with van der Waals surface area (Å²) >= 11 is 0. The number of benzene rings is 3. The highest BCUT2D eigenvalue weighted by Gasteiger charge is 2.46. The fourth-order valence-electron chi connectivity index (χ4n) is 5.49. The third-order valence-electron chi connectivity index (χ3n) is 7.53. The lowest BCUT2D eigenvalue weighted by atomic mass is 9.78. The Morgan fingerprint density at radius 3 is 1.98 bits per heavy atom. The molecule has 0 aliphatic carbocycles. The molecule has 2 atom stereocenters. The molecular formula is C31H33N3O6. The fourth-order valence-corrected chi connectivity index (χ4v) is 5.49. The van der Waals surface area contributed by atoms with E-state index < -0.39 is 12.0 Å². The van der Waals surface area contributed by atoms with E-state index in [2.05, 4.69) is 0 Å². The molecule has 40 heavy (non-hydrogen) atoms. The maximum Gasteiger partial charge on any atom is 0.409 e. The highest BCUT2D eigenvalue weighted by atomic mass is 16.6. The summed E-state index contributed by atoms with van der Waals surface area (Å²) < 4.78 is 15.9. The molecule has 0 spiro atoms. The van der Waals surface area contributed by atoms with Crippen molar-refractivity contribution in [2.45, 2.75) is 18.9 Å². The molecule has 208 valence electrons. The Morgan fingerprint density at radius 1 is 0.800 bits per heavy atom. The Balaban J connectivity index is 1.58. The zero-order valence-electron chi connectivity index (χ0n) is 22.9. The Hall–Kier alpha value is -4.53. The van der Waals surface area contributed by atoms with Gasteiger partial charge in [-0.05, 0) is 60.5 Å². The van der Waals surface area contributed by atoms with Gasteiger partial charge in [0.15, 0.2) is 0 Å². The molecular weight excluding hydrogens is 510 g/mol. The summed E-state index contributed by atoms with van der Waals surface area (Å²) in [6.07, 6.45) is -0.370. The van der Waals surface area contributed by atoms with Crippen LogP contribution in [0.25, 0.3) is 0 Å². The third kappa shape index (κ3) is 5.06. The molecule has 3 aromatic rings. The average molecular weight is 544 g/mol. The van der Waals surface area contributed by atoms with Gasteiger partial charge in [0.05, 0.1) is 32.8 Å². The van der Waals surface area contributed by atoms with Crippen molar-refractivity contribution >= 4 is 23.6 Å². The van der Waals surface area contributed by atoms with E-state index >= 15 is 0 Å². The normalized spacial score (nSPS) is 18.7. The van der Waals surface area contributed by atoms with Gasteiger partial charge in [0, 0.05) is 37.4 Å². The van der Waals surface area contributed by atoms with E-state index in [0.29, 0.717) is 61.1 Å². The van der Waals surface area contributed by atoms with Crippen molar-refractivity contribution < 1.29 is 28.6 Å². The number of hydrogen-bond acceptors (Lipinski definition) is 6. The molecule has 9 nitrogen and oxygen atoms in total. The van der Waals surface area contributed by atoms with Gasteiger partial charge in [0.25, 0.3) is 5.91 Å². The number of piperazine rings is 1. The van der Waals surface area contributed by atoms with E-state index in [1.807, 2.05) is 54.6 Å². The lowest BCUT2D eigenvalue weighted by molar-refractivity contribution is -0.135. The standard InChI is InChI=1S/C31H33N3O6/c1-4-40-31(37)33-19-17-32(18-20-33)30(36)27-25-7-5-6-8-26(25)29(35)34(22-11-15-24(39-3)16-12-22)28(27)21-9-13-23(38-2)14-10-21/h5-16,27-28H,4,17-20H2,1-3H3/t27-,28-/m1/s1. The summed E-state index contributed by atoms with van der Waals surface area (Å²) in [5.41, 5.74) is 2.65. The molecule has 2 aliphatic rings. The minimum absolute atomic E-state index is 0.0946. The van der Waals surface area contributed by atoms with Crippen LogP contribution in [0.4, 0.5) is 10.5 Å². The first-order valence-electron chi connectivity index (χ1n) is 13.4. The van der Waals surface area contributed by atoms with E-state index in [-0.39, 0.29) is 17.9 Å². The zero-order chi connectivity index (χ0) is 28.2. The first kappa shape index (κ1) is 27.1. The SMILES string of the molecule is CCOC(=O)N1CCN(C(=O)[C@@H]2c3ccccc3C(=O)N(c3ccc(OC)cc3)[C@@H]2c2ccc(OC)cc2)CC1. The number of fused-ring (bicyclic) bond motifs is 1. The van der Waals surface area contributed by atoms with Crippen LogP contribution in [0.3, 0.4) is 0 Å².